The average Bonchev–Trinajstić information content (AvgIpc) is 2.24. The molecule has 0 aromatic rings. The van der Waals surface area contributed by atoms with Crippen LogP contribution in [0.1, 0.15) is 19.3 Å². The Balaban J connectivity index is 3.75. The summed E-state index contributed by atoms with van der Waals surface area (Å²) >= 11 is 0. The number of ether oxygens (including phenoxy) is 1. The molecule has 0 aromatic heterocycles. The first kappa shape index (κ1) is 15.7. The van der Waals surface area contributed by atoms with E-state index in [0.29, 0.717) is 12.8 Å². The summed E-state index contributed by atoms with van der Waals surface area (Å²) in [4.78, 5) is 21.3. The van der Waals surface area contributed by atoms with Gasteiger partial charge in [0.2, 0.25) is 6.41 Å². The predicted molar refractivity (Wildman–Crippen MR) is 52.9 cm³/mol. The molecule has 0 saturated heterocycles. The molecule has 0 fully saturated rings. The molecule has 0 rings (SSSR count). The average molecular weight is 256 g/mol. The van der Waals surface area contributed by atoms with Crippen LogP contribution in [0.2, 0.25) is 0 Å². The Morgan fingerprint density at radius 2 is 2.06 bits per heavy atom. The highest BCUT2D eigenvalue weighted by Gasteiger charge is 2.25. The number of nitrogens with one attached hydrogen (secondary N) is 2. The maximum atomic E-state index is 11.7. The van der Waals surface area contributed by atoms with Crippen molar-refractivity contribution in [3.05, 3.63) is 0 Å². The van der Waals surface area contributed by atoms with Crippen LogP contribution in [0.25, 0.3) is 0 Å². The van der Waals surface area contributed by atoms with E-state index in [-0.39, 0.29) is 19.4 Å². The van der Waals surface area contributed by atoms with Gasteiger partial charge >= 0.3 is 12.3 Å². The molecular formula is C9H15F3N2O3. The molecule has 2 N–H and O–H groups in total. The molecule has 0 aliphatic heterocycles. The number of hydrogen-bond acceptors (Lipinski definition) is 4. The van der Waals surface area contributed by atoms with Crippen LogP contribution in [-0.2, 0) is 14.3 Å². The number of methoxy groups -OCH3 is 1. The molecule has 0 aliphatic rings. The SMILES string of the molecule is COC(=O)[C@H](CCCCNC(F)(F)F)NC=O. The summed E-state index contributed by atoms with van der Waals surface area (Å²) in [7, 11) is 1.17. The number of esters is 1. The highest BCUT2D eigenvalue weighted by molar-refractivity contribution is 5.77. The zero-order valence-electron chi connectivity index (χ0n) is 9.34. The molecule has 100 valence electrons. The van der Waals surface area contributed by atoms with Crippen LogP contribution in [0.4, 0.5) is 13.2 Å². The number of alkyl halides is 3. The largest absolute Gasteiger partial charge is 0.467 e. The number of amides is 1. The molecule has 0 bridgehead atoms. The molecule has 0 spiro atoms. The fraction of sp³-hybridized carbons (Fsp3) is 0.778. The smallest absolute Gasteiger partial charge is 0.457 e. The predicted octanol–water partition coefficient (Wildman–Crippen LogP) is 0.554. The quantitative estimate of drug-likeness (QED) is 0.288. The maximum Gasteiger partial charge on any atom is 0.457 e. The van der Waals surface area contributed by atoms with Gasteiger partial charge < -0.3 is 10.1 Å². The number of unbranched alkanes of at least 4 members (excludes halogenated alkanes) is 1. The van der Waals surface area contributed by atoms with Crippen molar-refractivity contribution in [1.29, 1.82) is 0 Å². The summed E-state index contributed by atoms with van der Waals surface area (Å²) in [6.07, 6.45) is -3.18. The molecule has 0 heterocycles. The fourth-order valence-electron chi connectivity index (χ4n) is 1.20. The molecule has 0 aromatic carbocycles. The minimum absolute atomic E-state index is 0.224. The second-order valence-electron chi connectivity index (χ2n) is 3.28. The van der Waals surface area contributed by atoms with Gasteiger partial charge in [0, 0.05) is 6.54 Å². The Hall–Kier alpha value is -1.31. The van der Waals surface area contributed by atoms with Crippen molar-refractivity contribution in [3.63, 3.8) is 0 Å². The van der Waals surface area contributed by atoms with Crippen molar-refractivity contribution in [1.82, 2.24) is 10.6 Å². The standard InChI is InChI=1S/C9H15F3N2O3/c1-17-8(16)7(13-6-15)4-2-3-5-14-9(10,11)12/h6-7,14H,2-5H2,1H3,(H,13,15)/t7-/m0/s1. The zero-order chi connectivity index (χ0) is 13.3. The topological polar surface area (TPSA) is 67.4 Å². The molecule has 1 atom stereocenters. The molecule has 17 heavy (non-hydrogen) atoms. The summed E-state index contributed by atoms with van der Waals surface area (Å²) in [6, 6.07) is -0.802. The number of carbonyl (C=O) groups excluding carboxylic acids is 2. The summed E-state index contributed by atoms with van der Waals surface area (Å²) in [6.45, 7) is -0.224. The summed E-state index contributed by atoms with van der Waals surface area (Å²) in [5.74, 6) is -0.610. The van der Waals surface area contributed by atoms with Gasteiger partial charge in [0.05, 0.1) is 7.11 Å². The number of carbonyl (C=O) groups is 2. The molecule has 0 unspecified atom stereocenters. The normalized spacial score (nSPS) is 12.9. The summed E-state index contributed by atoms with van der Waals surface area (Å²) < 4.78 is 39.5. The third-order valence-corrected chi connectivity index (χ3v) is 2.00. The number of halogens is 3. The third kappa shape index (κ3) is 8.49. The zero-order valence-corrected chi connectivity index (χ0v) is 9.34. The molecule has 0 saturated carbocycles. The highest BCUT2D eigenvalue weighted by atomic mass is 19.4. The monoisotopic (exact) mass is 256 g/mol. The van der Waals surface area contributed by atoms with Gasteiger partial charge in [-0.3, -0.25) is 4.79 Å². The fourth-order valence-corrected chi connectivity index (χ4v) is 1.20. The molecule has 0 radical (unpaired) electrons. The van der Waals surface area contributed by atoms with E-state index < -0.39 is 18.3 Å². The van der Waals surface area contributed by atoms with E-state index in [4.69, 9.17) is 0 Å². The van der Waals surface area contributed by atoms with Gasteiger partial charge in [-0.05, 0) is 19.3 Å². The molecule has 5 nitrogen and oxygen atoms in total. The number of hydrogen-bond donors (Lipinski definition) is 2. The van der Waals surface area contributed by atoms with E-state index in [0.717, 1.165) is 0 Å². The van der Waals surface area contributed by atoms with E-state index in [2.05, 4.69) is 10.1 Å². The first-order chi connectivity index (χ1) is 7.90. The molecule has 0 aliphatic carbocycles. The van der Waals surface area contributed by atoms with Gasteiger partial charge in [0.15, 0.2) is 0 Å². The van der Waals surface area contributed by atoms with Gasteiger partial charge in [-0.25, -0.2) is 10.1 Å². The lowest BCUT2D eigenvalue weighted by Gasteiger charge is -2.13. The van der Waals surface area contributed by atoms with Crippen molar-refractivity contribution in [2.24, 2.45) is 0 Å². The molecule has 8 heteroatoms. The van der Waals surface area contributed by atoms with Crippen LogP contribution in [0.3, 0.4) is 0 Å². The molecule has 1 amide bonds. The second-order valence-corrected chi connectivity index (χ2v) is 3.28. The van der Waals surface area contributed by atoms with Gasteiger partial charge in [-0.1, -0.05) is 0 Å². The Kier molecular flexibility index (Phi) is 7.27. The Labute approximate surface area is 96.7 Å². The Bertz CT molecular complexity index is 246. The Morgan fingerprint density at radius 3 is 2.53 bits per heavy atom. The minimum Gasteiger partial charge on any atom is -0.467 e. The lowest BCUT2D eigenvalue weighted by atomic mass is 10.1. The Morgan fingerprint density at radius 1 is 1.41 bits per heavy atom. The minimum atomic E-state index is -4.39. The van der Waals surface area contributed by atoms with Crippen LogP contribution in [0.5, 0.6) is 0 Å². The van der Waals surface area contributed by atoms with E-state index in [9.17, 15) is 22.8 Å². The third-order valence-electron chi connectivity index (χ3n) is 2.00. The maximum absolute atomic E-state index is 11.7. The second kappa shape index (κ2) is 7.88. The van der Waals surface area contributed by atoms with Gasteiger partial charge in [0.25, 0.3) is 0 Å². The lowest BCUT2D eigenvalue weighted by molar-refractivity contribution is -0.156. The van der Waals surface area contributed by atoms with Gasteiger partial charge in [0.1, 0.15) is 6.04 Å². The van der Waals surface area contributed by atoms with Crippen molar-refractivity contribution in [2.75, 3.05) is 13.7 Å². The first-order valence-electron chi connectivity index (χ1n) is 5.00. The molecular weight excluding hydrogens is 241 g/mol. The highest BCUT2D eigenvalue weighted by Crippen LogP contribution is 2.10. The van der Waals surface area contributed by atoms with E-state index in [1.807, 2.05) is 0 Å². The summed E-state index contributed by atoms with van der Waals surface area (Å²) in [5, 5.41) is 3.61. The van der Waals surface area contributed by atoms with Gasteiger partial charge in [-0.15, -0.1) is 0 Å². The van der Waals surface area contributed by atoms with Crippen LogP contribution in [0.15, 0.2) is 0 Å². The van der Waals surface area contributed by atoms with Crippen LogP contribution < -0.4 is 10.6 Å². The van der Waals surface area contributed by atoms with Crippen LogP contribution >= 0.6 is 0 Å². The lowest BCUT2D eigenvalue weighted by Crippen LogP contribution is -2.37. The van der Waals surface area contributed by atoms with Crippen molar-refractivity contribution in [2.45, 2.75) is 31.6 Å². The van der Waals surface area contributed by atoms with Crippen molar-refractivity contribution >= 4 is 12.4 Å². The number of rotatable bonds is 8. The van der Waals surface area contributed by atoms with E-state index in [1.165, 1.54) is 12.4 Å². The van der Waals surface area contributed by atoms with E-state index in [1.54, 1.807) is 0 Å². The van der Waals surface area contributed by atoms with Crippen LogP contribution in [-0.4, -0.2) is 38.4 Å². The van der Waals surface area contributed by atoms with Crippen molar-refractivity contribution < 1.29 is 27.5 Å². The van der Waals surface area contributed by atoms with Gasteiger partial charge in [-0.2, -0.15) is 13.2 Å². The van der Waals surface area contributed by atoms with Crippen LogP contribution in [0, 0.1) is 0 Å². The van der Waals surface area contributed by atoms with Crippen molar-refractivity contribution in [3.8, 4) is 0 Å². The first-order valence-corrected chi connectivity index (χ1v) is 5.00. The summed E-state index contributed by atoms with van der Waals surface area (Å²) in [5.41, 5.74) is 0. The van der Waals surface area contributed by atoms with E-state index >= 15 is 0 Å².